The zero-order chi connectivity index (χ0) is 10.6. The van der Waals surface area contributed by atoms with Gasteiger partial charge in [-0.3, -0.25) is 10.1 Å². The maximum absolute atomic E-state index is 10.5. The van der Waals surface area contributed by atoms with Gasteiger partial charge in [-0.1, -0.05) is 11.8 Å². The Morgan fingerprint density at radius 1 is 1.64 bits per heavy atom. The van der Waals surface area contributed by atoms with Crippen LogP contribution in [0.1, 0.15) is 5.56 Å². The van der Waals surface area contributed by atoms with Crippen LogP contribution in [0.25, 0.3) is 0 Å². The maximum atomic E-state index is 10.5. The first-order chi connectivity index (χ1) is 6.65. The zero-order valence-electron chi connectivity index (χ0n) is 7.23. The summed E-state index contributed by atoms with van der Waals surface area (Å²) in [5.41, 5.74) is 10.6. The number of rotatable bonds is 1. The standard InChI is InChI=1S/C8H8N4O2/c9-3-1-2-6-4-7(12(13)14)8(10)11-5-6/h4-5H,3,9H2,(H2,10,11). The summed E-state index contributed by atoms with van der Waals surface area (Å²) in [7, 11) is 0. The Labute approximate surface area is 80.1 Å². The second-order valence-corrected chi connectivity index (χ2v) is 2.39. The van der Waals surface area contributed by atoms with Crippen LogP contribution in [0.15, 0.2) is 12.3 Å². The minimum Gasteiger partial charge on any atom is -0.378 e. The quantitative estimate of drug-likeness (QED) is 0.366. The van der Waals surface area contributed by atoms with E-state index in [-0.39, 0.29) is 18.1 Å². The molecule has 0 fully saturated rings. The van der Waals surface area contributed by atoms with Crippen molar-refractivity contribution in [1.29, 1.82) is 0 Å². The van der Waals surface area contributed by atoms with Crippen LogP contribution in [-0.2, 0) is 0 Å². The van der Waals surface area contributed by atoms with Crippen LogP contribution in [-0.4, -0.2) is 16.5 Å². The highest BCUT2D eigenvalue weighted by molar-refractivity contribution is 5.55. The molecule has 0 bridgehead atoms. The first kappa shape index (κ1) is 9.95. The SMILES string of the molecule is NCC#Cc1cnc(N)c([N+](=O)[O-])c1. The number of nitrogens with two attached hydrogens (primary N) is 2. The molecular weight excluding hydrogens is 184 g/mol. The fourth-order valence-corrected chi connectivity index (χ4v) is 0.831. The molecule has 4 N–H and O–H groups in total. The summed E-state index contributed by atoms with van der Waals surface area (Å²) in [6.45, 7) is 0.193. The van der Waals surface area contributed by atoms with E-state index in [0.29, 0.717) is 5.56 Å². The molecule has 0 atom stereocenters. The lowest BCUT2D eigenvalue weighted by Crippen LogP contribution is -1.99. The van der Waals surface area contributed by atoms with Crippen molar-refractivity contribution < 1.29 is 4.92 Å². The minimum atomic E-state index is -0.601. The van der Waals surface area contributed by atoms with Gasteiger partial charge in [0.1, 0.15) is 0 Å². The van der Waals surface area contributed by atoms with Crippen LogP contribution in [0.2, 0.25) is 0 Å². The third-order valence-electron chi connectivity index (χ3n) is 1.43. The molecule has 0 radical (unpaired) electrons. The molecule has 0 spiro atoms. The molecule has 0 amide bonds. The largest absolute Gasteiger partial charge is 0.378 e. The van der Waals surface area contributed by atoms with Crippen LogP contribution in [0.3, 0.4) is 0 Å². The Morgan fingerprint density at radius 2 is 2.36 bits per heavy atom. The van der Waals surface area contributed by atoms with Gasteiger partial charge in [0.25, 0.3) is 0 Å². The fraction of sp³-hybridized carbons (Fsp3) is 0.125. The lowest BCUT2D eigenvalue weighted by Gasteiger charge is -1.95. The van der Waals surface area contributed by atoms with E-state index in [1.54, 1.807) is 0 Å². The third-order valence-corrected chi connectivity index (χ3v) is 1.43. The first-order valence-electron chi connectivity index (χ1n) is 3.74. The molecule has 1 heterocycles. The van der Waals surface area contributed by atoms with Crippen LogP contribution >= 0.6 is 0 Å². The molecule has 0 saturated carbocycles. The van der Waals surface area contributed by atoms with E-state index < -0.39 is 4.92 Å². The van der Waals surface area contributed by atoms with E-state index >= 15 is 0 Å². The summed E-state index contributed by atoms with van der Waals surface area (Å²) in [5, 5.41) is 10.5. The third kappa shape index (κ3) is 2.18. The second-order valence-electron chi connectivity index (χ2n) is 2.39. The summed E-state index contributed by atoms with van der Waals surface area (Å²) in [4.78, 5) is 13.5. The van der Waals surface area contributed by atoms with Crippen molar-refractivity contribution in [1.82, 2.24) is 4.98 Å². The van der Waals surface area contributed by atoms with Crippen molar-refractivity contribution in [3.8, 4) is 11.8 Å². The van der Waals surface area contributed by atoms with E-state index in [1.165, 1.54) is 12.3 Å². The highest BCUT2D eigenvalue weighted by Crippen LogP contribution is 2.18. The molecular formula is C8H8N4O2. The second kappa shape index (κ2) is 4.20. The van der Waals surface area contributed by atoms with E-state index in [4.69, 9.17) is 11.5 Å². The number of nitrogen functional groups attached to an aromatic ring is 1. The smallest absolute Gasteiger partial charge is 0.312 e. The average molecular weight is 192 g/mol. The predicted octanol–water partition coefficient (Wildman–Crippen LogP) is -0.118. The molecule has 1 aromatic rings. The first-order valence-corrected chi connectivity index (χ1v) is 3.74. The Morgan fingerprint density at radius 3 is 2.93 bits per heavy atom. The molecule has 6 nitrogen and oxygen atoms in total. The van der Waals surface area contributed by atoms with Gasteiger partial charge in [0.05, 0.1) is 11.5 Å². The van der Waals surface area contributed by atoms with Crippen molar-refractivity contribution in [2.75, 3.05) is 12.3 Å². The summed E-state index contributed by atoms with van der Waals surface area (Å²) in [6, 6.07) is 1.27. The van der Waals surface area contributed by atoms with Gasteiger partial charge in [-0.05, 0) is 0 Å². The molecule has 14 heavy (non-hydrogen) atoms. The van der Waals surface area contributed by atoms with E-state index in [0.717, 1.165) is 0 Å². The normalized spacial score (nSPS) is 8.93. The number of nitro groups is 1. The predicted molar refractivity (Wildman–Crippen MR) is 51.2 cm³/mol. The lowest BCUT2D eigenvalue weighted by atomic mass is 10.2. The number of hydrogen-bond donors (Lipinski definition) is 2. The van der Waals surface area contributed by atoms with Gasteiger partial charge < -0.3 is 11.5 Å². The van der Waals surface area contributed by atoms with Gasteiger partial charge in [-0.2, -0.15) is 0 Å². The number of hydrogen-bond acceptors (Lipinski definition) is 5. The summed E-state index contributed by atoms with van der Waals surface area (Å²) < 4.78 is 0. The van der Waals surface area contributed by atoms with Gasteiger partial charge in [0.2, 0.25) is 5.82 Å². The number of anilines is 1. The van der Waals surface area contributed by atoms with Gasteiger partial charge >= 0.3 is 5.69 Å². The van der Waals surface area contributed by atoms with Crippen molar-refractivity contribution >= 4 is 11.5 Å². The van der Waals surface area contributed by atoms with Crippen molar-refractivity contribution in [2.24, 2.45) is 5.73 Å². The molecule has 6 heteroatoms. The minimum absolute atomic E-state index is 0.117. The van der Waals surface area contributed by atoms with Crippen molar-refractivity contribution in [2.45, 2.75) is 0 Å². The van der Waals surface area contributed by atoms with Crippen LogP contribution < -0.4 is 11.5 Å². The Hall–Kier alpha value is -2.13. The van der Waals surface area contributed by atoms with E-state index in [9.17, 15) is 10.1 Å². The fourth-order valence-electron chi connectivity index (χ4n) is 0.831. The monoisotopic (exact) mass is 192 g/mol. The van der Waals surface area contributed by atoms with Gasteiger partial charge in [0.15, 0.2) is 0 Å². The molecule has 0 aliphatic carbocycles. The number of nitrogens with zero attached hydrogens (tertiary/aromatic N) is 2. The molecule has 72 valence electrons. The molecule has 1 aromatic heterocycles. The topological polar surface area (TPSA) is 108 Å². The summed E-state index contributed by atoms with van der Waals surface area (Å²) >= 11 is 0. The van der Waals surface area contributed by atoms with Crippen LogP contribution in [0.5, 0.6) is 0 Å². The molecule has 0 unspecified atom stereocenters. The summed E-state index contributed by atoms with van der Waals surface area (Å²) in [5.74, 6) is 5.08. The molecule has 0 saturated heterocycles. The molecule has 0 aromatic carbocycles. The molecule has 0 aliphatic heterocycles. The lowest BCUT2D eigenvalue weighted by molar-refractivity contribution is -0.384. The Kier molecular flexibility index (Phi) is 2.99. The number of pyridine rings is 1. The van der Waals surface area contributed by atoms with E-state index in [2.05, 4.69) is 16.8 Å². The Bertz CT molecular complexity index is 419. The van der Waals surface area contributed by atoms with Gasteiger partial charge in [-0.15, -0.1) is 0 Å². The molecule has 1 rings (SSSR count). The van der Waals surface area contributed by atoms with Crippen LogP contribution in [0.4, 0.5) is 11.5 Å². The highest BCUT2D eigenvalue weighted by atomic mass is 16.6. The van der Waals surface area contributed by atoms with E-state index in [1.807, 2.05) is 0 Å². The zero-order valence-corrected chi connectivity index (χ0v) is 7.23. The maximum Gasteiger partial charge on any atom is 0.312 e. The van der Waals surface area contributed by atoms with Gasteiger partial charge in [0, 0.05) is 17.8 Å². The molecule has 0 aliphatic rings. The summed E-state index contributed by atoms with van der Waals surface area (Å²) in [6.07, 6.45) is 1.37. The van der Waals surface area contributed by atoms with Gasteiger partial charge in [-0.25, -0.2) is 4.98 Å². The van der Waals surface area contributed by atoms with Crippen molar-refractivity contribution in [3.63, 3.8) is 0 Å². The highest BCUT2D eigenvalue weighted by Gasteiger charge is 2.12. The number of aromatic nitrogens is 1. The van der Waals surface area contributed by atoms with Crippen molar-refractivity contribution in [3.05, 3.63) is 27.9 Å². The Balaban J connectivity index is 3.13. The average Bonchev–Trinajstić information content (AvgIpc) is 2.16. The van der Waals surface area contributed by atoms with Crippen LogP contribution in [0, 0.1) is 22.0 Å².